The number of nitrogens with zero attached hydrogens (tertiary/aromatic N) is 4. The fraction of sp³-hybridized carbons (Fsp3) is 0.421. The molecule has 1 fully saturated rings. The summed E-state index contributed by atoms with van der Waals surface area (Å²) in [5, 5.41) is 29.8. The van der Waals surface area contributed by atoms with Crippen LogP contribution in [0.4, 0.5) is 5.82 Å². The van der Waals surface area contributed by atoms with Gasteiger partial charge in [-0.1, -0.05) is 0 Å². The van der Waals surface area contributed by atoms with Gasteiger partial charge in [-0.15, -0.1) is 0 Å². The zero-order valence-electron chi connectivity index (χ0n) is 17.1. The predicted octanol–water partition coefficient (Wildman–Crippen LogP) is -0.287. The number of nitrogen functional groups attached to an aromatic ring is 1. The van der Waals surface area contributed by atoms with Crippen molar-refractivity contribution in [1.82, 2.24) is 19.5 Å². The van der Waals surface area contributed by atoms with E-state index in [0.717, 1.165) is 0 Å². The number of hydrogen-bond acceptors (Lipinski definition) is 11. The highest BCUT2D eigenvalue weighted by Crippen LogP contribution is 2.41. The van der Waals surface area contributed by atoms with E-state index in [1.807, 2.05) is 0 Å². The van der Waals surface area contributed by atoms with Crippen LogP contribution in [0.2, 0.25) is 0 Å². The molecular formula is C19H23N5O7. The third kappa shape index (κ3) is 3.39. The van der Waals surface area contributed by atoms with Crippen LogP contribution in [0.5, 0.6) is 17.2 Å². The standard InChI is InChI=1S/C19H23N5O7/c1-28-9-4-8(5-10(29-2)15(9)30-3)17-22-16(20)12-18(23-17)24(7-21-12)19-14(27)13(26)11(6-25)31-19/h4-5,7,11,13-14,19,25-27H,6H2,1-3H3,(H2,20,22,23)/t11-,13-,14-,19-/m1/s1. The summed E-state index contributed by atoms with van der Waals surface area (Å²) in [4.78, 5) is 13.1. The number of hydrogen-bond donors (Lipinski definition) is 4. The van der Waals surface area contributed by atoms with Crippen LogP contribution in [0.3, 0.4) is 0 Å². The Labute approximate surface area is 176 Å². The average Bonchev–Trinajstić information content (AvgIpc) is 3.33. The number of ether oxygens (including phenoxy) is 4. The van der Waals surface area contributed by atoms with Gasteiger partial charge in [0.25, 0.3) is 0 Å². The molecule has 3 aromatic rings. The van der Waals surface area contributed by atoms with Crippen LogP contribution in [-0.4, -0.2) is 81.1 Å². The normalized spacial score (nSPS) is 23.3. The predicted molar refractivity (Wildman–Crippen MR) is 108 cm³/mol. The quantitative estimate of drug-likeness (QED) is 0.403. The summed E-state index contributed by atoms with van der Waals surface area (Å²) in [6, 6.07) is 3.35. The second-order valence-corrected chi connectivity index (χ2v) is 6.90. The molecule has 1 aliphatic heterocycles. The highest BCUT2D eigenvalue weighted by atomic mass is 16.6. The van der Waals surface area contributed by atoms with Crippen molar-refractivity contribution in [2.75, 3.05) is 33.7 Å². The lowest BCUT2D eigenvalue weighted by atomic mass is 10.1. The van der Waals surface area contributed by atoms with Crippen molar-refractivity contribution >= 4 is 17.0 Å². The topological polar surface area (TPSA) is 167 Å². The van der Waals surface area contributed by atoms with Crippen molar-refractivity contribution in [3.63, 3.8) is 0 Å². The zero-order chi connectivity index (χ0) is 22.3. The molecule has 1 aliphatic rings. The zero-order valence-corrected chi connectivity index (χ0v) is 17.1. The van der Waals surface area contributed by atoms with Crippen LogP contribution >= 0.6 is 0 Å². The summed E-state index contributed by atoms with van der Waals surface area (Å²) in [5.41, 5.74) is 7.23. The monoisotopic (exact) mass is 433 g/mol. The molecule has 0 radical (unpaired) electrons. The molecule has 0 amide bonds. The molecule has 4 rings (SSSR count). The Kier molecular flexibility index (Phi) is 5.54. The van der Waals surface area contributed by atoms with Crippen molar-refractivity contribution < 1.29 is 34.3 Å². The van der Waals surface area contributed by atoms with E-state index in [2.05, 4.69) is 15.0 Å². The van der Waals surface area contributed by atoms with E-state index in [1.54, 1.807) is 12.1 Å². The molecule has 12 heteroatoms. The van der Waals surface area contributed by atoms with Crippen molar-refractivity contribution in [3.8, 4) is 28.6 Å². The van der Waals surface area contributed by atoms with E-state index in [1.165, 1.54) is 32.2 Å². The molecule has 0 saturated carbocycles. The highest BCUT2D eigenvalue weighted by Gasteiger charge is 2.44. The van der Waals surface area contributed by atoms with Gasteiger partial charge in [0.15, 0.2) is 35.0 Å². The van der Waals surface area contributed by atoms with Gasteiger partial charge in [0.2, 0.25) is 5.75 Å². The number of rotatable bonds is 6. The second-order valence-electron chi connectivity index (χ2n) is 6.90. The maximum atomic E-state index is 10.4. The van der Waals surface area contributed by atoms with Gasteiger partial charge < -0.3 is 40.0 Å². The lowest BCUT2D eigenvalue weighted by Gasteiger charge is -2.17. The first kappa shape index (κ1) is 21.1. The van der Waals surface area contributed by atoms with Crippen molar-refractivity contribution in [1.29, 1.82) is 0 Å². The van der Waals surface area contributed by atoms with Crippen LogP contribution < -0.4 is 19.9 Å². The summed E-state index contributed by atoms with van der Waals surface area (Å²) in [6.07, 6.45) is -3.13. The van der Waals surface area contributed by atoms with Gasteiger partial charge in [-0.05, 0) is 12.1 Å². The van der Waals surface area contributed by atoms with Crippen LogP contribution in [-0.2, 0) is 4.74 Å². The van der Waals surface area contributed by atoms with E-state index in [0.29, 0.717) is 28.3 Å². The molecule has 5 N–H and O–H groups in total. The van der Waals surface area contributed by atoms with E-state index in [-0.39, 0.29) is 17.3 Å². The Hall–Kier alpha value is -3.19. The molecule has 3 heterocycles. The lowest BCUT2D eigenvalue weighted by Crippen LogP contribution is -2.33. The Morgan fingerprint density at radius 2 is 1.74 bits per heavy atom. The highest BCUT2D eigenvalue weighted by molar-refractivity contribution is 5.84. The van der Waals surface area contributed by atoms with Gasteiger partial charge in [0.1, 0.15) is 23.8 Å². The molecular weight excluding hydrogens is 410 g/mol. The number of anilines is 1. The molecule has 0 bridgehead atoms. The minimum Gasteiger partial charge on any atom is -0.493 e. The lowest BCUT2D eigenvalue weighted by molar-refractivity contribution is -0.0511. The molecule has 31 heavy (non-hydrogen) atoms. The number of aromatic nitrogens is 4. The number of nitrogens with two attached hydrogens (primary N) is 1. The molecule has 12 nitrogen and oxygen atoms in total. The third-order valence-corrected chi connectivity index (χ3v) is 5.16. The molecule has 166 valence electrons. The second kappa shape index (κ2) is 8.15. The minimum atomic E-state index is -1.30. The number of aliphatic hydroxyl groups is 3. The van der Waals surface area contributed by atoms with Crippen LogP contribution in [0.1, 0.15) is 6.23 Å². The maximum absolute atomic E-state index is 10.4. The molecule has 2 aromatic heterocycles. The van der Waals surface area contributed by atoms with E-state index >= 15 is 0 Å². The average molecular weight is 433 g/mol. The molecule has 0 aliphatic carbocycles. The van der Waals surface area contributed by atoms with Gasteiger partial charge in [0.05, 0.1) is 34.3 Å². The van der Waals surface area contributed by atoms with Crippen molar-refractivity contribution in [2.24, 2.45) is 0 Å². The number of aliphatic hydroxyl groups excluding tert-OH is 3. The summed E-state index contributed by atoms with van der Waals surface area (Å²) in [7, 11) is 4.49. The first-order valence-electron chi connectivity index (χ1n) is 9.36. The fourth-order valence-corrected chi connectivity index (χ4v) is 3.57. The SMILES string of the molecule is COc1cc(-c2nc(N)c3ncn([C@@H]4O[C@H](CO)[C@@H](O)[C@H]4O)c3n2)cc(OC)c1OC. The Morgan fingerprint density at radius 3 is 2.29 bits per heavy atom. The smallest absolute Gasteiger partial charge is 0.203 e. The Morgan fingerprint density at radius 1 is 1.06 bits per heavy atom. The fourth-order valence-electron chi connectivity index (χ4n) is 3.57. The van der Waals surface area contributed by atoms with Crippen LogP contribution in [0, 0.1) is 0 Å². The Balaban J connectivity index is 1.84. The first-order chi connectivity index (χ1) is 14.9. The molecule has 4 atom stereocenters. The molecule has 0 unspecified atom stereocenters. The van der Waals surface area contributed by atoms with Crippen molar-refractivity contribution in [2.45, 2.75) is 24.5 Å². The number of fused-ring (bicyclic) bond motifs is 1. The van der Waals surface area contributed by atoms with Crippen LogP contribution in [0.25, 0.3) is 22.6 Å². The first-order valence-corrected chi connectivity index (χ1v) is 9.36. The number of benzene rings is 1. The molecule has 1 saturated heterocycles. The molecule has 1 aromatic carbocycles. The molecule has 0 spiro atoms. The number of methoxy groups -OCH3 is 3. The van der Waals surface area contributed by atoms with Gasteiger partial charge in [-0.2, -0.15) is 0 Å². The van der Waals surface area contributed by atoms with Crippen LogP contribution in [0.15, 0.2) is 18.5 Å². The van der Waals surface area contributed by atoms with E-state index < -0.39 is 31.1 Å². The van der Waals surface area contributed by atoms with Crippen molar-refractivity contribution in [3.05, 3.63) is 18.5 Å². The van der Waals surface area contributed by atoms with Gasteiger partial charge in [-0.3, -0.25) is 4.57 Å². The summed E-state index contributed by atoms with van der Waals surface area (Å²) >= 11 is 0. The summed E-state index contributed by atoms with van der Waals surface area (Å²) < 4.78 is 23.1. The van der Waals surface area contributed by atoms with E-state index in [4.69, 9.17) is 24.7 Å². The third-order valence-electron chi connectivity index (χ3n) is 5.16. The van der Waals surface area contributed by atoms with Gasteiger partial charge in [0, 0.05) is 5.56 Å². The summed E-state index contributed by atoms with van der Waals surface area (Å²) in [6.45, 7) is -0.449. The Bertz CT molecular complexity index is 1080. The van der Waals surface area contributed by atoms with Gasteiger partial charge in [-0.25, -0.2) is 15.0 Å². The van der Waals surface area contributed by atoms with Gasteiger partial charge >= 0.3 is 0 Å². The largest absolute Gasteiger partial charge is 0.493 e. The summed E-state index contributed by atoms with van der Waals surface area (Å²) in [5.74, 6) is 1.60. The number of imidazole rings is 1. The minimum absolute atomic E-state index is 0.110. The maximum Gasteiger partial charge on any atom is 0.203 e. The van der Waals surface area contributed by atoms with E-state index in [9.17, 15) is 15.3 Å².